The standard InChI is InChI=1S/C15H12N2/c16-9-10-1-5-14-11(7-10)2-3-12-8-13(17)4-6-15(12)14/h1-8,14-15H,17H2/t14-,15-/m1/s1. The molecule has 0 amide bonds. The lowest BCUT2D eigenvalue weighted by atomic mass is 9.73. The Morgan fingerprint density at radius 3 is 2.35 bits per heavy atom. The molecule has 2 heteroatoms. The van der Waals surface area contributed by atoms with Crippen LogP contribution in [0.25, 0.3) is 0 Å². The van der Waals surface area contributed by atoms with Crippen molar-refractivity contribution >= 4 is 0 Å². The van der Waals surface area contributed by atoms with Crippen LogP contribution >= 0.6 is 0 Å². The number of fused-ring (bicyclic) bond motifs is 3. The Balaban J connectivity index is 2.04. The predicted octanol–water partition coefficient (Wildman–Crippen LogP) is 2.52. The van der Waals surface area contributed by atoms with E-state index >= 15 is 0 Å². The van der Waals surface area contributed by atoms with Crippen molar-refractivity contribution in [3.8, 4) is 6.07 Å². The first kappa shape index (κ1) is 9.92. The Bertz CT molecular complexity index is 589. The molecule has 0 bridgehead atoms. The lowest BCUT2D eigenvalue weighted by Crippen LogP contribution is -2.21. The Morgan fingerprint density at radius 1 is 1.00 bits per heavy atom. The van der Waals surface area contributed by atoms with E-state index in [2.05, 4.69) is 30.4 Å². The van der Waals surface area contributed by atoms with Crippen molar-refractivity contribution < 1.29 is 0 Å². The number of nitrogens with two attached hydrogens (primary N) is 1. The number of hydrogen-bond donors (Lipinski definition) is 1. The van der Waals surface area contributed by atoms with Crippen molar-refractivity contribution in [2.24, 2.45) is 17.6 Å². The van der Waals surface area contributed by atoms with Crippen molar-refractivity contribution in [1.82, 2.24) is 0 Å². The molecule has 2 atom stereocenters. The van der Waals surface area contributed by atoms with E-state index in [0.717, 1.165) is 11.3 Å². The zero-order chi connectivity index (χ0) is 11.8. The molecule has 0 unspecified atom stereocenters. The Kier molecular flexibility index (Phi) is 2.12. The van der Waals surface area contributed by atoms with Crippen LogP contribution in [-0.2, 0) is 0 Å². The molecule has 0 heterocycles. The fraction of sp³-hybridized carbons (Fsp3) is 0.133. The molecule has 0 saturated carbocycles. The minimum Gasteiger partial charge on any atom is -0.399 e. The van der Waals surface area contributed by atoms with Gasteiger partial charge in [0.2, 0.25) is 0 Å². The van der Waals surface area contributed by atoms with Gasteiger partial charge in [0.15, 0.2) is 0 Å². The summed E-state index contributed by atoms with van der Waals surface area (Å²) in [7, 11) is 0. The van der Waals surface area contributed by atoms with Gasteiger partial charge in [-0.15, -0.1) is 0 Å². The SMILES string of the molecule is N#CC1=CC2=CC=C3C=C(N)C=C[C@H]3[C@@H]2C=C1. The molecule has 0 spiro atoms. The Labute approximate surface area is 100 Å². The van der Waals surface area contributed by atoms with Crippen molar-refractivity contribution in [3.63, 3.8) is 0 Å². The zero-order valence-electron chi connectivity index (χ0n) is 9.30. The van der Waals surface area contributed by atoms with Crippen LogP contribution < -0.4 is 5.73 Å². The topological polar surface area (TPSA) is 49.8 Å². The minimum absolute atomic E-state index is 0.340. The average Bonchev–Trinajstić information content (AvgIpc) is 2.37. The third kappa shape index (κ3) is 1.57. The molecule has 0 aromatic rings. The molecule has 0 saturated heterocycles. The van der Waals surface area contributed by atoms with Crippen LogP contribution in [-0.4, -0.2) is 0 Å². The predicted molar refractivity (Wildman–Crippen MR) is 67.4 cm³/mol. The number of allylic oxidation sites excluding steroid dienone is 11. The molecular formula is C15H12N2. The summed E-state index contributed by atoms with van der Waals surface area (Å²) in [6.07, 6.45) is 16.3. The van der Waals surface area contributed by atoms with E-state index in [1.807, 2.05) is 24.3 Å². The molecule has 3 aliphatic rings. The third-order valence-corrected chi connectivity index (χ3v) is 3.39. The maximum atomic E-state index is 8.90. The second-order valence-electron chi connectivity index (χ2n) is 4.46. The van der Waals surface area contributed by atoms with Crippen LogP contribution in [0.15, 0.2) is 71.0 Å². The summed E-state index contributed by atoms with van der Waals surface area (Å²) in [5.41, 5.74) is 9.77. The van der Waals surface area contributed by atoms with Gasteiger partial charge in [-0.05, 0) is 35.5 Å². The van der Waals surface area contributed by atoms with Gasteiger partial charge in [0.05, 0.1) is 11.6 Å². The van der Waals surface area contributed by atoms with Crippen LogP contribution in [0.1, 0.15) is 0 Å². The van der Waals surface area contributed by atoms with Gasteiger partial charge in [-0.2, -0.15) is 5.26 Å². The lowest BCUT2D eigenvalue weighted by Gasteiger charge is -2.31. The molecule has 17 heavy (non-hydrogen) atoms. The first-order valence-electron chi connectivity index (χ1n) is 5.65. The third-order valence-electron chi connectivity index (χ3n) is 3.39. The summed E-state index contributed by atoms with van der Waals surface area (Å²) < 4.78 is 0. The van der Waals surface area contributed by atoms with Gasteiger partial charge in [-0.3, -0.25) is 0 Å². The van der Waals surface area contributed by atoms with Crippen LogP contribution in [0.3, 0.4) is 0 Å². The normalized spacial score (nSPS) is 29.1. The van der Waals surface area contributed by atoms with E-state index in [1.165, 1.54) is 11.1 Å². The second-order valence-corrected chi connectivity index (χ2v) is 4.46. The molecule has 2 N–H and O–H groups in total. The second kappa shape index (κ2) is 3.64. The molecule has 82 valence electrons. The lowest BCUT2D eigenvalue weighted by molar-refractivity contribution is 0.612. The van der Waals surface area contributed by atoms with Crippen LogP contribution in [0.5, 0.6) is 0 Å². The van der Waals surface area contributed by atoms with Crippen molar-refractivity contribution in [1.29, 1.82) is 5.26 Å². The monoisotopic (exact) mass is 220 g/mol. The van der Waals surface area contributed by atoms with Crippen LogP contribution in [0.4, 0.5) is 0 Å². The highest BCUT2D eigenvalue weighted by Gasteiger charge is 2.28. The number of nitrogens with zero attached hydrogens (tertiary/aromatic N) is 1. The van der Waals surface area contributed by atoms with Crippen molar-refractivity contribution in [2.75, 3.05) is 0 Å². The van der Waals surface area contributed by atoms with Crippen molar-refractivity contribution in [3.05, 3.63) is 71.0 Å². The fourth-order valence-electron chi connectivity index (χ4n) is 2.54. The molecule has 0 radical (unpaired) electrons. The molecule has 2 nitrogen and oxygen atoms in total. The van der Waals surface area contributed by atoms with Gasteiger partial charge in [0, 0.05) is 17.5 Å². The van der Waals surface area contributed by atoms with Gasteiger partial charge >= 0.3 is 0 Å². The van der Waals surface area contributed by atoms with E-state index in [-0.39, 0.29) is 0 Å². The first-order valence-corrected chi connectivity index (χ1v) is 5.65. The van der Waals surface area contributed by atoms with Crippen molar-refractivity contribution in [2.45, 2.75) is 0 Å². The Morgan fingerprint density at radius 2 is 1.65 bits per heavy atom. The number of nitriles is 1. The molecule has 0 aromatic carbocycles. The largest absolute Gasteiger partial charge is 0.399 e. The zero-order valence-corrected chi connectivity index (χ0v) is 9.30. The highest BCUT2D eigenvalue weighted by molar-refractivity contribution is 5.54. The maximum Gasteiger partial charge on any atom is 0.0991 e. The summed E-state index contributed by atoms with van der Waals surface area (Å²) in [5.74, 6) is 0.697. The van der Waals surface area contributed by atoms with E-state index in [1.54, 1.807) is 0 Å². The molecule has 0 aromatic heterocycles. The average molecular weight is 220 g/mol. The molecule has 3 rings (SSSR count). The van der Waals surface area contributed by atoms with E-state index < -0.39 is 0 Å². The summed E-state index contributed by atoms with van der Waals surface area (Å²) in [4.78, 5) is 0. The summed E-state index contributed by atoms with van der Waals surface area (Å²) >= 11 is 0. The Hall–Kier alpha value is -2.27. The molecular weight excluding hydrogens is 208 g/mol. The quantitative estimate of drug-likeness (QED) is 0.682. The van der Waals surface area contributed by atoms with Gasteiger partial charge in [0.1, 0.15) is 0 Å². The number of hydrogen-bond acceptors (Lipinski definition) is 2. The smallest absolute Gasteiger partial charge is 0.0991 e. The van der Waals surface area contributed by atoms with Crippen LogP contribution in [0.2, 0.25) is 0 Å². The van der Waals surface area contributed by atoms with Gasteiger partial charge < -0.3 is 5.73 Å². The highest BCUT2D eigenvalue weighted by atomic mass is 14.6. The van der Waals surface area contributed by atoms with Gasteiger partial charge in [-0.1, -0.05) is 24.3 Å². The molecule has 0 fully saturated rings. The van der Waals surface area contributed by atoms with E-state index in [4.69, 9.17) is 11.0 Å². The summed E-state index contributed by atoms with van der Waals surface area (Å²) in [6, 6.07) is 2.18. The summed E-state index contributed by atoms with van der Waals surface area (Å²) in [6.45, 7) is 0. The molecule has 3 aliphatic carbocycles. The first-order chi connectivity index (χ1) is 8.28. The minimum atomic E-state index is 0.340. The highest BCUT2D eigenvalue weighted by Crippen LogP contribution is 2.39. The van der Waals surface area contributed by atoms with E-state index in [9.17, 15) is 0 Å². The maximum absolute atomic E-state index is 8.90. The summed E-state index contributed by atoms with van der Waals surface area (Å²) in [5, 5.41) is 8.90. The fourth-order valence-corrected chi connectivity index (χ4v) is 2.54. The van der Waals surface area contributed by atoms with Gasteiger partial charge in [-0.25, -0.2) is 0 Å². The van der Waals surface area contributed by atoms with Gasteiger partial charge in [0.25, 0.3) is 0 Å². The molecule has 0 aliphatic heterocycles. The number of rotatable bonds is 0. The van der Waals surface area contributed by atoms with Crippen LogP contribution in [0, 0.1) is 23.2 Å². The van der Waals surface area contributed by atoms with E-state index in [0.29, 0.717) is 11.8 Å².